The number of carbonyl (C=O) groups is 3. The molecule has 2 amide bonds. The van der Waals surface area contributed by atoms with Gasteiger partial charge in [-0.05, 0) is 60.2 Å². The van der Waals surface area contributed by atoms with Crippen molar-refractivity contribution in [3.63, 3.8) is 0 Å². The molecule has 4 aromatic carbocycles. The minimum Gasteiger partial charge on any atom is -0.507 e. The van der Waals surface area contributed by atoms with Gasteiger partial charge < -0.3 is 20.8 Å². The zero-order valence-corrected chi connectivity index (χ0v) is 20.0. The molecule has 7 nitrogen and oxygen atoms in total. The highest BCUT2D eigenvalue weighted by Gasteiger charge is 2.23. The van der Waals surface area contributed by atoms with Gasteiger partial charge in [-0.3, -0.25) is 9.59 Å². The van der Waals surface area contributed by atoms with Crippen LogP contribution in [0, 0.1) is 5.82 Å². The minimum atomic E-state index is -1.32. The molecule has 0 aliphatic carbocycles. The van der Waals surface area contributed by atoms with Gasteiger partial charge in [0.2, 0.25) is 5.91 Å². The summed E-state index contributed by atoms with van der Waals surface area (Å²) in [6.45, 7) is 0. The standard InChI is InChI=1S/C28H21FN2O5S/c29-23-9-5-4-8-21(23)26(33)30-18-10-13-20(14-11-18)37-25(17-6-2-1-3-7-17)27(34)31-19-12-15-24(32)22(16-19)28(35)36/h1-16,25,32H,(H,30,33)(H,31,34)(H,35,36). The Morgan fingerprint density at radius 3 is 2.08 bits per heavy atom. The molecule has 0 aliphatic rings. The SMILES string of the molecule is O=C(O)c1cc(NC(=O)C(Sc2ccc(NC(=O)c3ccccc3F)cc2)c2ccccc2)ccc1O. The highest BCUT2D eigenvalue weighted by atomic mass is 32.2. The lowest BCUT2D eigenvalue weighted by atomic mass is 10.1. The topological polar surface area (TPSA) is 116 Å². The van der Waals surface area contributed by atoms with E-state index in [4.69, 9.17) is 0 Å². The first-order valence-corrected chi connectivity index (χ1v) is 11.9. The van der Waals surface area contributed by atoms with Gasteiger partial charge in [-0.2, -0.15) is 0 Å². The van der Waals surface area contributed by atoms with E-state index in [1.54, 1.807) is 54.6 Å². The molecular weight excluding hydrogens is 495 g/mol. The lowest BCUT2D eigenvalue weighted by Crippen LogP contribution is -2.19. The van der Waals surface area contributed by atoms with Gasteiger partial charge in [0.15, 0.2) is 0 Å². The van der Waals surface area contributed by atoms with Gasteiger partial charge in [0.05, 0.1) is 5.56 Å². The first kappa shape index (κ1) is 25.5. The van der Waals surface area contributed by atoms with Crippen molar-refractivity contribution >= 4 is 40.9 Å². The molecular formula is C28H21FN2O5S. The Morgan fingerprint density at radius 1 is 0.757 bits per heavy atom. The average Bonchev–Trinajstić information content (AvgIpc) is 2.89. The molecule has 1 unspecified atom stereocenters. The van der Waals surface area contributed by atoms with Crippen molar-refractivity contribution in [1.82, 2.24) is 0 Å². The van der Waals surface area contributed by atoms with Crippen molar-refractivity contribution in [1.29, 1.82) is 0 Å². The van der Waals surface area contributed by atoms with Crippen molar-refractivity contribution in [2.75, 3.05) is 10.6 Å². The molecule has 0 spiro atoms. The number of carbonyl (C=O) groups excluding carboxylic acids is 2. The van der Waals surface area contributed by atoms with Crippen LogP contribution in [0.2, 0.25) is 0 Å². The van der Waals surface area contributed by atoms with E-state index in [0.717, 1.165) is 10.5 Å². The number of benzene rings is 4. The molecule has 0 aromatic heterocycles. The average molecular weight is 517 g/mol. The quantitative estimate of drug-likeness (QED) is 0.170. The summed E-state index contributed by atoms with van der Waals surface area (Å²) in [6, 6.07) is 25.3. The lowest BCUT2D eigenvalue weighted by molar-refractivity contribution is -0.115. The van der Waals surface area contributed by atoms with Gasteiger partial charge in [0, 0.05) is 16.3 Å². The number of nitrogens with one attached hydrogen (secondary N) is 2. The number of rotatable bonds is 8. The number of aromatic carboxylic acids is 1. The minimum absolute atomic E-state index is 0.0675. The summed E-state index contributed by atoms with van der Waals surface area (Å²) < 4.78 is 13.9. The highest BCUT2D eigenvalue weighted by Crippen LogP contribution is 2.37. The van der Waals surface area contributed by atoms with Crippen LogP contribution in [-0.4, -0.2) is 28.0 Å². The Morgan fingerprint density at radius 2 is 1.41 bits per heavy atom. The van der Waals surface area contributed by atoms with E-state index in [9.17, 15) is 29.0 Å². The molecule has 0 bridgehead atoms. The van der Waals surface area contributed by atoms with Gasteiger partial charge >= 0.3 is 5.97 Å². The number of hydrogen-bond donors (Lipinski definition) is 4. The summed E-state index contributed by atoms with van der Waals surface area (Å²) in [4.78, 5) is 37.7. The van der Waals surface area contributed by atoms with Crippen LogP contribution >= 0.6 is 11.8 Å². The highest BCUT2D eigenvalue weighted by molar-refractivity contribution is 8.00. The van der Waals surface area contributed by atoms with Crippen LogP contribution in [0.5, 0.6) is 5.75 Å². The third-order valence-electron chi connectivity index (χ3n) is 5.32. The summed E-state index contributed by atoms with van der Waals surface area (Å²) in [6.07, 6.45) is 0. The Balaban J connectivity index is 1.51. The fourth-order valence-corrected chi connectivity index (χ4v) is 4.51. The zero-order chi connectivity index (χ0) is 26.4. The van der Waals surface area contributed by atoms with E-state index in [1.165, 1.54) is 48.2 Å². The second kappa shape index (κ2) is 11.4. The third-order valence-corrected chi connectivity index (χ3v) is 6.59. The summed E-state index contributed by atoms with van der Waals surface area (Å²) in [5, 5.41) is 23.6. The van der Waals surface area contributed by atoms with Gasteiger partial charge in [-0.15, -0.1) is 11.8 Å². The van der Waals surface area contributed by atoms with E-state index < -0.39 is 34.6 Å². The molecule has 186 valence electrons. The van der Waals surface area contributed by atoms with Crippen molar-refractivity contribution in [2.24, 2.45) is 0 Å². The largest absolute Gasteiger partial charge is 0.507 e. The van der Waals surface area contributed by atoms with E-state index in [-0.39, 0.29) is 16.8 Å². The molecule has 4 N–H and O–H groups in total. The smallest absolute Gasteiger partial charge is 0.339 e. The van der Waals surface area contributed by atoms with Gasteiger partial charge in [-0.25, -0.2) is 9.18 Å². The van der Waals surface area contributed by atoms with Gasteiger partial charge in [0.1, 0.15) is 22.4 Å². The van der Waals surface area contributed by atoms with E-state index in [2.05, 4.69) is 10.6 Å². The molecule has 0 saturated heterocycles. The summed E-state index contributed by atoms with van der Waals surface area (Å²) in [7, 11) is 0. The maximum Gasteiger partial charge on any atom is 0.339 e. The van der Waals surface area contributed by atoms with Crippen LogP contribution in [0.4, 0.5) is 15.8 Å². The summed E-state index contributed by atoms with van der Waals surface area (Å²) >= 11 is 1.26. The molecule has 0 saturated carbocycles. The van der Waals surface area contributed by atoms with Crippen LogP contribution in [0.25, 0.3) is 0 Å². The van der Waals surface area contributed by atoms with Gasteiger partial charge in [0.25, 0.3) is 5.91 Å². The van der Waals surface area contributed by atoms with Crippen LogP contribution in [0.3, 0.4) is 0 Å². The molecule has 4 rings (SSSR count). The van der Waals surface area contributed by atoms with Crippen molar-refractivity contribution in [3.05, 3.63) is 120 Å². The molecule has 4 aromatic rings. The lowest BCUT2D eigenvalue weighted by Gasteiger charge is -2.18. The molecule has 0 heterocycles. The molecule has 9 heteroatoms. The fourth-order valence-electron chi connectivity index (χ4n) is 3.49. The zero-order valence-electron chi connectivity index (χ0n) is 19.2. The predicted octanol–water partition coefficient (Wildman–Crippen LogP) is 5.95. The maximum absolute atomic E-state index is 13.9. The number of hydrogen-bond acceptors (Lipinski definition) is 5. The van der Waals surface area contributed by atoms with Crippen LogP contribution in [0.15, 0.2) is 102 Å². The van der Waals surface area contributed by atoms with Crippen molar-refractivity contribution in [3.8, 4) is 5.75 Å². The van der Waals surface area contributed by atoms with Gasteiger partial charge in [-0.1, -0.05) is 42.5 Å². The number of amides is 2. The Bertz CT molecular complexity index is 1440. The first-order chi connectivity index (χ1) is 17.8. The number of halogens is 1. The molecule has 0 fully saturated rings. The molecule has 0 aliphatic heterocycles. The van der Waals surface area contributed by atoms with E-state index in [0.29, 0.717) is 5.69 Å². The Labute approximate surface area is 216 Å². The predicted molar refractivity (Wildman–Crippen MR) is 140 cm³/mol. The molecule has 0 radical (unpaired) electrons. The summed E-state index contributed by atoms with van der Waals surface area (Å²) in [5.74, 6) is -3.30. The molecule has 1 atom stereocenters. The monoisotopic (exact) mass is 516 g/mol. The van der Waals surface area contributed by atoms with Crippen molar-refractivity contribution in [2.45, 2.75) is 10.1 Å². The van der Waals surface area contributed by atoms with Crippen molar-refractivity contribution < 1.29 is 29.0 Å². The first-order valence-electron chi connectivity index (χ1n) is 11.1. The Hall–Kier alpha value is -4.63. The second-order valence-corrected chi connectivity index (χ2v) is 9.07. The molecule has 37 heavy (non-hydrogen) atoms. The van der Waals surface area contributed by atoms with E-state index in [1.807, 2.05) is 6.07 Å². The normalized spacial score (nSPS) is 11.4. The van der Waals surface area contributed by atoms with Crippen LogP contribution in [-0.2, 0) is 4.79 Å². The third kappa shape index (κ3) is 6.33. The van der Waals surface area contributed by atoms with E-state index >= 15 is 0 Å². The van der Waals surface area contributed by atoms with Crippen LogP contribution < -0.4 is 10.6 Å². The number of aromatic hydroxyl groups is 1. The fraction of sp³-hybridized carbons (Fsp3) is 0.0357. The number of anilines is 2. The maximum atomic E-state index is 13.9. The number of carboxylic acids is 1. The number of carboxylic acid groups (broad SMARTS) is 1. The Kier molecular flexibility index (Phi) is 7.85. The number of thioether (sulfide) groups is 1. The summed E-state index contributed by atoms with van der Waals surface area (Å²) in [5.41, 5.74) is 1.02. The second-order valence-electron chi connectivity index (χ2n) is 7.89. The van der Waals surface area contributed by atoms with Crippen LogP contribution in [0.1, 0.15) is 31.5 Å². The number of phenols is 1.